The number of benzene rings is 1. The second-order valence-corrected chi connectivity index (χ2v) is 4.59. The van der Waals surface area contributed by atoms with Crippen LogP contribution >= 0.6 is 0 Å². The van der Waals surface area contributed by atoms with E-state index in [2.05, 4.69) is 5.32 Å². The molecule has 0 radical (unpaired) electrons. The third-order valence-corrected chi connectivity index (χ3v) is 2.99. The van der Waals surface area contributed by atoms with Gasteiger partial charge in [0.25, 0.3) is 0 Å². The first-order valence-electron chi connectivity index (χ1n) is 5.96. The molecule has 0 bridgehead atoms. The fourth-order valence-corrected chi connectivity index (χ4v) is 1.88. The van der Waals surface area contributed by atoms with Gasteiger partial charge in [-0.1, -0.05) is 20.8 Å². The lowest BCUT2D eigenvalue weighted by atomic mass is 10.0. The minimum atomic E-state index is -1.23. The molecule has 0 saturated heterocycles. The normalized spacial score (nSPS) is 12.5. The van der Waals surface area contributed by atoms with Gasteiger partial charge in [0, 0.05) is 6.04 Å². The number of anilines is 2. The second-order valence-electron chi connectivity index (χ2n) is 4.59. The zero-order chi connectivity index (χ0) is 13.9. The van der Waals surface area contributed by atoms with Gasteiger partial charge < -0.3 is 16.2 Å². The summed E-state index contributed by atoms with van der Waals surface area (Å²) in [6.07, 6.45) is 0.841. The van der Waals surface area contributed by atoms with E-state index in [0.29, 0.717) is 11.6 Å². The van der Waals surface area contributed by atoms with Gasteiger partial charge in [-0.05, 0) is 24.5 Å². The largest absolute Gasteiger partial charge is 0.478 e. The van der Waals surface area contributed by atoms with Crippen LogP contribution in [0.1, 0.15) is 37.6 Å². The van der Waals surface area contributed by atoms with Crippen LogP contribution in [-0.2, 0) is 0 Å². The van der Waals surface area contributed by atoms with Crippen molar-refractivity contribution in [2.24, 2.45) is 5.92 Å². The Morgan fingerprint density at radius 3 is 2.56 bits per heavy atom. The number of aromatic carboxylic acids is 1. The van der Waals surface area contributed by atoms with E-state index in [4.69, 9.17) is 10.8 Å². The lowest BCUT2D eigenvalue weighted by Crippen LogP contribution is -2.26. The molecule has 1 aromatic rings. The molecule has 18 heavy (non-hydrogen) atoms. The van der Waals surface area contributed by atoms with Crippen LogP contribution in [0.4, 0.5) is 15.8 Å². The van der Waals surface area contributed by atoms with Crippen molar-refractivity contribution in [3.63, 3.8) is 0 Å². The van der Waals surface area contributed by atoms with E-state index in [1.807, 2.05) is 20.8 Å². The van der Waals surface area contributed by atoms with Crippen molar-refractivity contribution in [1.82, 2.24) is 0 Å². The number of carboxylic acid groups (broad SMARTS) is 1. The summed E-state index contributed by atoms with van der Waals surface area (Å²) >= 11 is 0. The number of hydrogen-bond acceptors (Lipinski definition) is 3. The summed E-state index contributed by atoms with van der Waals surface area (Å²) in [6, 6.07) is 2.71. The molecule has 0 aliphatic heterocycles. The minimum absolute atomic E-state index is 0.118. The van der Waals surface area contributed by atoms with Crippen molar-refractivity contribution in [1.29, 1.82) is 0 Å². The molecule has 0 aliphatic rings. The second kappa shape index (κ2) is 5.71. The number of hydrogen-bond donors (Lipinski definition) is 3. The average Bonchev–Trinajstić information content (AvgIpc) is 2.29. The topological polar surface area (TPSA) is 75.3 Å². The Kier molecular flexibility index (Phi) is 4.53. The van der Waals surface area contributed by atoms with Gasteiger partial charge in [0.1, 0.15) is 11.4 Å². The quantitative estimate of drug-likeness (QED) is 0.706. The first kappa shape index (κ1) is 14.3. The van der Waals surface area contributed by atoms with Crippen LogP contribution in [0, 0.1) is 11.7 Å². The number of carboxylic acids is 1. The molecular weight excluding hydrogens is 235 g/mol. The lowest BCUT2D eigenvalue weighted by molar-refractivity contribution is 0.0698. The van der Waals surface area contributed by atoms with Crippen LogP contribution in [0.15, 0.2) is 12.1 Å². The standard InChI is InChI=1S/C13H19FN2O2/c1-4-9(7(2)3)16-10-6-5-8(14)12(15)11(10)13(17)18/h5-7,9,16H,4,15H2,1-3H3,(H,17,18). The van der Waals surface area contributed by atoms with Crippen LogP contribution in [0.5, 0.6) is 0 Å². The number of rotatable bonds is 5. The third-order valence-electron chi connectivity index (χ3n) is 2.99. The van der Waals surface area contributed by atoms with Gasteiger partial charge in [-0.25, -0.2) is 9.18 Å². The van der Waals surface area contributed by atoms with E-state index in [9.17, 15) is 9.18 Å². The first-order valence-corrected chi connectivity index (χ1v) is 5.96. The van der Waals surface area contributed by atoms with Crippen molar-refractivity contribution < 1.29 is 14.3 Å². The molecule has 0 fully saturated rings. The predicted octanol–water partition coefficient (Wildman–Crippen LogP) is 2.95. The summed E-state index contributed by atoms with van der Waals surface area (Å²) in [5, 5.41) is 12.2. The summed E-state index contributed by atoms with van der Waals surface area (Å²) in [5.41, 5.74) is 5.32. The maximum absolute atomic E-state index is 13.3. The Morgan fingerprint density at radius 1 is 1.50 bits per heavy atom. The van der Waals surface area contributed by atoms with Crippen molar-refractivity contribution in [3.05, 3.63) is 23.5 Å². The highest BCUT2D eigenvalue weighted by molar-refractivity contribution is 6.00. The summed E-state index contributed by atoms with van der Waals surface area (Å²) in [4.78, 5) is 11.1. The smallest absolute Gasteiger partial charge is 0.340 e. The van der Waals surface area contributed by atoms with E-state index < -0.39 is 11.8 Å². The number of halogens is 1. The van der Waals surface area contributed by atoms with Crippen molar-refractivity contribution in [3.8, 4) is 0 Å². The first-order chi connectivity index (χ1) is 8.38. The van der Waals surface area contributed by atoms with Gasteiger partial charge in [-0.3, -0.25) is 0 Å². The summed E-state index contributed by atoms with van der Waals surface area (Å²) < 4.78 is 13.3. The molecule has 0 aromatic heterocycles. The van der Waals surface area contributed by atoms with E-state index in [1.165, 1.54) is 12.1 Å². The fourth-order valence-electron chi connectivity index (χ4n) is 1.88. The zero-order valence-electron chi connectivity index (χ0n) is 10.8. The van der Waals surface area contributed by atoms with Crippen molar-refractivity contribution >= 4 is 17.3 Å². The Hall–Kier alpha value is -1.78. The molecule has 0 saturated carbocycles. The third kappa shape index (κ3) is 2.91. The van der Waals surface area contributed by atoms with Gasteiger partial charge in [0.05, 0.1) is 11.4 Å². The highest BCUT2D eigenvalue weighted by Gasteiger charge is 2.20. The molecule has 1 atom stereocenters. The molecule has 0 amide bonds. The van der Waals surface area contributed by atoms with Gasteiger partial charge in [0.15, 0.2) is 0 Å². The minimum Gasteiger partial charge on any atom is -0.478 e. The van der Waals surface area contributed by atoms with Gasteiger partial charge >= 0.3 is 5.97 Å². The van der Waals surface area contributed by atoms with Crippen LogP contribution < -0.4 is 11.1 Å². The van der Waals surface area contributed by atoms with Gasteiger partial charge in [-0.2, -0.15) is 0 Å². The van der Waals surface area contributed by atoms with Crippen LogP contribution in [0.25, 0.3) is 0 Å². The molecule has 4 nitrogen and oxygen atoms in total. The Morgan fingerprint density at radius 2 is 2.11 bits per heavy atom. The van der Waals surface area contributed by atoms with Crippen molar-refractivity contribution in [2.75, 3.05) is 11.1 Å². The molecule has 0 aliphatic carbocycles. The summed E-state index contributed by atoms with van der Waals surface area (Å²) in [7, 11) is 0. The maximum atomic E-state index is 13.3. The predicted molar refractivity (Wildman–Crippen MR) is 70.3 cm³/mol. The molecular formula is C13H19FN2O2. The summed E-state index contributed by atoms with van der Waals surface area (Å²) in [6.45, 7) is 6.08. The average molecular weight is 254 g/mol. The van der Waals surface area contributed by atoms with Crippen LogP contribution in [0.2, 0.25) is 0 Å². The molecule has 1 rings (SSSR count). The Balaban J connectivity index is 3.16. The summed E-state index contributed by atoms with van der Waals surface area (Å²) in [5.74, 6) is -1.61. The Labute approximate surface area is 106 Å². The van der Waals surface area contributed by atoms with E-state index in [-0.39, 0.29) is 17.3 Å². The number of nitrogens with two attached hydrogens (primary N) is 1. The van der Waals surface area contributed by atoms with Gasteiger partial charge in [0.2, 0.25) is 0 Å². The Bertz CT molecular complexity index is 447. The highest BCUT2D eigenvalue weighted by Crippen LogP contribution is 2.27. The number of carbonyl (C=O) groups is 1. The molecule has 1 aromatic carbocycles. The maximum Gasteiger partial charge on any atom is 0.340 e. The molecule has 100 valence electrons. The van der Waals surface area contributed by atoms with E-state index in [0.717, 1.165) is 6.42 Å². The van der Waals surface area contributed by atoms with Gasteiger partial charge in [-0.15, -0.1) is 0 Å². The molecule has 0 heterocycles. The zero-order valence-corrected chi connectivity index (χ0v) is 10.8. The fraction of sp³-hybridized carbons (Fsp3) is 0.462. The molecule has 5 heteroatoms. The van der Waals surface area contributed by atoms with E-state index in [1.54, 1.807) is 0 Å². The lowest BCUT2D eigenvalue weighted by Gasteiger charge is -2.23. The van der Waals surface area contributed by atoms with Crippen LogP contribution in [0.3, 0.4) is 0 Å². The van der Waals surface area contributed by atoms with Crippen LogP contribution in [-0.4, -0.2) is 17.1 Å². The molecule has 0 spiro atoms. The highest BCUT2D eigenvalue weighted by atomic mass is 19.1. The van der Waals surface area contributed by atoms with Crippen molar-refractivity contribution in [2.45, 2.75) is 33.2 Å². The molecule has 1 unspecified atom stereocenters. The van der Waals surface area contributed by atoms with E-state index >= 15 is 0 Å². The monoisotopic (exact) mass is 254 g/mol. The SMILES string of the molecule is CCC(Nc1ccc(F)c(N)c1C(=O)O)C(C)C. The number of nitrogen functional groups attached to an aromatic ring is 1. The molecule has 4 N–H and O–H groups in total. The number of nitrogens with one attached hydrogen (secondary N) is 1.